The summed E-state index contributed by atoms with van der Waals surface area (Å²) in [6.07, 6.45) is 4.37. The first-order valence-corrected chi connectivity index (χ1v) is 11.4. The van der Waals surface area contributed by atoms with Gasteiger partial charge in [0.25, 0.3) is 0 Å². The van der Waals surface area contributed by atoms with Gasteiger partial charge in [0.15, 0.2) is 0 Å². The normalized spacial score (nSPS) is 22.3. The van der Waals surface area contributed by atoms with Crippen molar-refractivity contribution >= 4 is 11.8 Å². The lowest BCUT2D eigenvalue weighted by Crippen LogP contribution is -2.46. The van der Waals surface area contributed by atoms with E-state index in [1.54, 1.807) is 6.07 Å². The Kier molecular flexibility index (Phi) is 6.87. The van der Waals surface area contributed by atoms with Crippen LogP contribution in [0.4, 0.5) is 0 Å². The van der Waals surface area contributed by atoms with Crippen molar-refractivity contribution in [1.82, 2.24) is 9.80 Å². The minimum Gasteiger partial charge on any atom is -0.366 e. The number of nitrogens with zero attached hydrogens (tertiary/aromatic N) is 3. The lowest BCUT2D eigenvalue weighted by atomic mass is 9.84. The molecular formula is C26H30N4O2. The van der Waals surface area contributed by atoms with E-state index < -0.39 is 0 Å². The van der Waals surface area contributed by atoms with Crippen LogP contribution in [0.3, 0.4) is 0 Å². The van der Waals surface area contributed by atoms with Crippen molar-refractivity contribution in [1.29, 1.82) is 5.26 Å². The Labute approximate surface area is 189 Å². The summed E-state index contributed by atoms with van der Waals surface area (Å²) >= 11 is 0. The molecule has 0 aromatic heterocycles. The molecule has 6 nitrogen and oxygen atoms in total. The smallest absolute Gasteiger partial charge is 0.248 e. The van der Waals surface area contributed by atoms with E-state index >= 15 is 0 Å². The predicted molar refractivity (Wildman–Crippen MR) is 123 cm³/mol. The predicted octanol–water partition coefficient (Wildman–Crippen LogP) is 3.44. The molecule has 2 N–H and O–H groups in total. The first-order valence-electron chi connectivity index (χ1n) is 11.4. The highest BCUT2D eigenvalue weighted by atomic mass is 16.2. The number of nitriles is 1. The number of nitrogens with two attached hydrogens (primary N) is 1. The fourth-order valence-corrected chi connectivity index (χ4v) is 5.37. The number of hydrogen-bond acceptors (Lipinski definition) is 4. The standard InChI is InChI=1S/C26H30N4O2/c27-12-11-25(31)29(18-19-5-2-1-3-6-19)13-14-30-23-9-10-24(30)17-22(16-23)20-7-4-8-21(15-20)26(28)32/h1-8,15,22-24H,9-11,13-14,16-18H2,(H2,28,32)/t22-,23+,24-. The van der Waals surface area contributed by atoms with E-state index in [2.05, 4.69) is 11.0 Å². The molecule has 2 aromatic carbocycles. The van der Waals surface area contributed by atoms with Gasteiger partial charge in [-0.3, -0.25) is 14.5 Å². The first kappa shape index (κ1) is 22.0. The maximum absolute atomic E-state index is 12.6. The second kappa shape index (κ2) is 9.97. The Morgan fingerprint density at radius 1 is 1.06 bits per heavy atom. The summed E-state index contributed by atoms with van der Waals surface area (Å²) in [6, 6.07) is 20.7. The highest BCUT2D eigenvalue weighted by molar-refractivity contribution is 5.92. The Morgan fingerprint density at radius 3 is 2.44 bits per heavy atom. The SMILES string of the molecule is N#CCC(=O)N(CCN1[C@@H]2CC[C@H]1C[C@@H](c1cccc(C(N)=O)c1)C2)Cc1ccccc1. The molecule has 2 aromatic rings. The van der Waals surface area contributed by atoms with E-state index in [4.69, 9.17) is 11.0 Å². The summed E-state index contributed by atoms with van der Waals surface area (Å²) in [5.41, 5.74) is 8.32. The molecule has 0 saturated carbocycles. The molecule has 2 bridgehead atoms. The number of amides is 2. The van der Waals surface area contributed by atoms with Crippen molar-refractivity contribution in [2.75, 3.05) is 13.1 Å². The van der Waals surface area contributed by atoms with Gasteiger partial charge in [0.2, 0.25) is 11.8 Å². The van der Waals surface area contributed by atoms with Crippen molar-refractivity contribution < 1.29 is 9.59 Å². The van der Waals surface area contributed by atoms with Gasteiger partial charge in [-0.05, 0) is 54.9 Å². The molecule has 3 atom stereocenters. The minimum atomic E-state index is -0.382. The lowest BCUT2D eigenvalue weighted by Gasteiger charge is -2.40. The number of benzene rings is 2. The third-order valence-electron chi connectivity index (χ3n) is 6.95. The molecule has 2 saturated heterocycles. The van der Waals surface area contributed by atoms with Gasteiger partial charge in [0.1, 0.15) is 6.42 Å². The molecule has 0 radical (unpaired) electrons. The van der Waals surface area contributed by atoms with Gasteiger partial charge in [-0.2, -0.15) is 5.26 Å². The van der Waals surface area contributed by atoms with Crippen LogP contribution in [0.15, 0.2) is 54.6 Å². The summed E-state index contributed by atoms with van der Waals surface area (Å²) in [6.45, 7) is 1.99. The van der Waals surface area contributed by atoms with Gasteiger partial charge >= 0.3 is 0 Å². The minimum absolute atomic E-state index is 0.0853. The molecule has 32 heavy (non-hydrogen) atoms. The Morgan fingerprint density at radius 2 is 1.78 bits per heavy atom. The highest BCUT2D eigenvalue weighted by Crippen LogP contribution is 2.43. The van der Waals surface area contributed by atoms with Crippen LogP contribution in [-0.2, 0) is 11.3 Å². The van der Waals surface area contributed by atoms with Crippen LogP contribution >= 0.6 is 0 Å². The monoisotopic (exact) mass is 430 g/mol. The second-order valence-electron chi connectivity index (χ2n) is 8.92. The van der Waals surface area contributed by atoms with E-state index in [9.17, 15) is 9.59 Å². The van der Waals surface area contributed by atoms with Crippen LogP contribution in [0.1, 0.15) is 59.5 Å². The molecule has 2 amide bonds. The highest BCUT2D eigenvalue weighted by Gasteiger charge is 2.41. The van der Waals surface area contributed by atoms with Crippen molar-refractivity contribution in [3.8, 4) is 6.07 Å². The van der Waals surface area contributed by atoms with Crippen LogP contribution in [0, 0.1) is 11.3 Å². The first-order chi connectivity index (χ1) is 15.5. The zero-order valence-electron chi connectivity index (χ0n) is 18.3. The van der Waals surface area contributed by atoms with Gasteiger partial charge in [-0.25, -0.2) is 0 Å². The van der Waals surface area contributed by atoms with E-state index in [1.165, 1.54) is 18.4 Å². The number of carbonyl (C=O) groups is 2. The molecule has 4 rings (SSSR count). The van der Waals surface area contributed by atoms with E-state index in [0.717, 1.165) is 24.9 Å². The maximum Gasteiger partial charge on any atom is 0.248 e. The summed E-state index contributed by atoms with van der Waals surface area (Å²) in [7, 11) is 0. The van der Waals surface area contributed by atoms with Crippen LogP contribution in [0.25, 0.3) is 0 Å². The summed E-state index contributed by atoms with van der Waals surface area (Å²) in [5, 5.41) is 9.02. The van der Waals surface area contributed by atoms with Gasteiger partial charge in [0.05, 0.1) is 6.07 Å². The van der Waals surface area contributed by atoms with E-state index in [0.29, 0.717) is 36.7 Å². The van der Waals surface area contributed by atoms with Crippen LogP contribution in [0.2, 0.25) is 0 Å². The van der Waals surface area contributed by atoms with Crippen LogP contribution < -0.4 is 5.73 Å². The number of piperidine rings is 1. The summed E-state index contributed by atoms with van der Waals surface area (Å²) in [5.74, 6) is -0.0571. The molecule has 0 aliphatic carbocycles. The quantitative estimate of drug-likeness (QED) is 0.695. The van der Waals surface area contributed by atoms with Crippen molar-refractivity contribution in [3.63, 3.8) is 0 Å². The fraction of sp³-hybridized carbons (Fsp3) is 0.423. The molecule has 0 unspecified atom stereocenters. The Hall–Kier alpha value is -3.17. The summed E-state index contributed by atoms with van der Waals surface area (Å²) in [4.78, 5) is 28.5. The molecule has 0 spiro atoms. The number of rotatable bonds is 8. The molecule has 2 fully saturated rings. The van der Waals surface area contributed by atoms with Crippen molar-refractivity contribution in [2.45, 2.75) is 56.7 Å². The Bertz CT molecular complexity index is 986. The number of fused-ring (bicyclic) bond motifs is 2. The molecule has 6 heteroatoms. The average molecular weight is 431 g/mol. The summed E-state index contributed by atoms with van der Waals surface area (Å²) < 4.78 is 0. The van der Waals surface area contributed by atoms with Gasteiger partial charge in [-0.15, -0.1) is 0 Å². The van der Waals surface area contributed by atoms with Gasteiger partial charge in [-0.1, -0.05) is 42.5 Å². The van der Waals surface area contributed by atoms with Crippen molar-refractivity contribution in [3.05, 3.63) is 71.3 Å². The molecule has 2 heterocycles. The van der Waals surface area contributed by atoms with Crippen molar-refractivity contribution in [2.24, 2.45) is 5.73 Å². The van der Waals surface area contributed by atoms with Crippen LogP contribution in [0.5, 0.6) is 0 Å². The average Bonchev–Trinajstić information content (AvgIpc) is 3.04. The van der Waals surface area contributed by atoms with Gasteiger partial charge < -0.3 is 10.6 Å². The Balaban J connectivity index is 1.40. The molecular weight excluding hydrogens is 400 g/mol. The third kappa shape index (κ3) is 5.00. The fourth-order valence-electron chi connectivity index (χ4n) is 5.37. The second-order valence-corrected chi connectivity index (χ2v) is 8.92. The van der Waals surface area contributed by atoms with E-state index in [1.807, 2.05) is 53.4 Å². The molecule has 2 aliphatic rings. The maximum atomic E-state index is 12.6. The lowest BCUT2D eigenvalue weighted by molar-refractivity contribution is -0.131. The number of carbonyl (C=O) groups excluding carboxylic acids is 2. The number of hydrogen-bond donors (Lipinski definition) is 1. The number of primary amides is 1. The van der Waals surface area contributed by atoms with Crippen LogP contribution in [-0.4, -0.2) is 46.8 Å². The molecule has 2 aliphatic heterocycles. The topological polar surface area (TPSA) is 90.4 Å². The molecule has 166 valence electrons. The largest absolute Gasteiger partial charge is 0.366 e. The van der Waals surface area contributed by atoms with Gasteiger partial charge in [0, 0.05) is 37.3 Å². The zero-order chi connectivity index (χ0) is 22.5. The van der Waals surface area contributed by atoms with E-state index in [-0.39, 0.29) is 18.2 Å². The zero-order valence-corrected chi connectivity index (χ0v) is 18.3. The third-order valence-corrected chi connectivity index (χ3v) is 6.95.